The first-order valence-electron chi connectivity index (χ1n) is 6.60. The van der Waals surface area contributed by atoms with Gasteiger partial charge in [-0.1, -0.05) is 0 Å². The lowest BCUT2D eigenvalue weighted by atomic mass is 10.1. The minimum absolute atomic E-state index is 0.0940. The molecule has 1 saturated heterocycles. The third kappa shape index (κ3) is 4.26. The van der Waals surface area contributed by atoms with Gasteiger partial charge in [-0.15, -0.1) is 11.3 Å². The number of ether oxygens (including phenoxy) is 1. The van der Waals surface area contributed by atoms with Crippen molar-refractivity contribution in [1.82, 2.24) is 15.2 Å². The first-order valence-corrected chi connectivity index (χ1v) is 7.48. The minimum atomic E-state index is 0.0940. The van der Waals surface area contributed by atoms with Gasteiger partial charge < -0.3 is 15.0 Å². The second-order valence-corrected chi connectivity index (χ2v) is 5.79. The molecule has 1 N–H and O–H groups in total. The number of hydrogen-bond donors (Lipinski definition) is 1. The summed E-state index contributed by atoms with van der Waals surface area (Å²) in [7, 11) is 1.56. The van der Waals surface area contributed by atoms with Gasteiger partial charge in [0.2, 0.25) is 5.91 Å². The number of nitrogens with zero attached hydrogens (tertiary/aromatic N) is 2. The van der Waals surface area contributed by atoms with Gasteiger partial charge in [-0.05, 0) is 19.8 Å². The molecule has 1 fully saturated rings. The van der Waals surface area contributed by atoms with Crippen LogP contribution in [-0.2, 0) is 16.1 Å². The van der Waals surface area contributed by atoms with Crippen LogP contribution < -0.4 is 5.32 Å². The van der Waals surface area contributed by atoms with Gasteiger partial charge in [-0.2, -0.15) is 0 Å². The monoisotopic (exact) mass is 283 g/mol. The highest BCUT2D eigenvalue weighted by molar-refractivity contribution is 7.09. The van der Waals surface area contributed by atoms with E-state index < -0.39 is 0 Å². The van der Waals surface area contributed by atoms with Crippen LogP contribution in [0.1, 0.15) is 23.5 Å². The van der Waals surface area contributed by atoms with Crippen molar-refractivity contribution >= 4 is 17.2 Å². The summed E-state index contributed by atoms with van der Waals surface area (Å²) in [5, 5.41) is 6.73. The third-order valence-corrected chi connectivity index (χ3v) is 4.29. The molecule has 1 aliphatic heterocycles. The Balaban J connectivity index is 1.70. The normalized spacial score (nSPS) is 16.8. The van der Waals surface area contributed by atoms with Crippen LogP contribution in [0, 0.1) is 6.92 Å². The fourth-order valence-corrected chi connectivity index (χ4v) is 2.99. The molecular formula is C13H21N3O2S. The molecule has 0 bridgehead atoms. The molecule has 1 aliphatic rings. The van der Waals surface area contributed by atoms with Gasteiger partial charge in [-0.25, -0.2) is 4.98 Å². The molecule has 1 amide bonds. The lowest BCUT2D eigenvalue weighted by molar-refractivity contribution is -0.136. The Kier molecular flexibility index (Phi) is 5.30. The lowest BCUT2D eigenvalue weighted by Gasteiger charge is -2.32. The van der Waals surface area contributed by atoms with Crippen molar-refractivity contribution in [2.75, 3.05) is 26.8 Å². The van der Waals surface area contributed by atoms with E-state index in [-0.39, 0.29) is 12.5 Å². The van der Waals surface area contributed by atoms with Gasteiger partial charge in [0.25, 0.3) is 0 Å². The number of hydrogen-bond acceptors (Lipinski definition) is 5. The van der Waals surface area contributed by atoms with Crippen LogP contribution in [-0.4, -0.2) is 48.6 Å². The zero-order valence-corrected chi connectivity index (χ0v) is 12.3. The van der Waals surface area contributed by atoms with E-state index in [1.54, 1.807) is 18.4 Å². The molecule has 0 spiro atoms. The molecule has 0 radical (unpaired) electrons. The average Bonchev–Trinajstić information content (AvgIpc) is 2.83. The van der Waals surface area contributed by atoms with E-state index >= 15 is 0 Å². The van der Waals surface area contributed by atoms with Crippen molar-refractivity contribution in [2.24, 2.45) is 0 Å². The fraction of sp³-hybridized carbons (Fsp3) is 0.692. The largest absolute Gasteiger partial charge is 0.375 e. The summed E-state index contributed by atoms with van der Waals surface area (Å²) < 4.78 is 4.88. The molecule has 0 aromatic carbocycles. The number of carbonyl (C=O) groups is 1. The van der Waals surface area contributed by atoms with E-state index in [2.05, 4.69) is 15.7 Å². The Labute approximate surface area is 118 Å². The van der Waals surface area contributed by atoms with Crippen LogP contribution in [0.3, 0.4) is 0 Å². The van der Waals surface area contributed by atoms with Crippen LogP contribution >= 0.6 is 11.3 Å². The Bertz CT molecular complexity index is 414. The van der Waals surface area contributed by atoms with Gasteiger partial charge in [0.05, 0.1) is 0 Å². The minimum Gasteiger partial charge on any atom is -0.375 e. The lowest BCUT2D eigenvalue weighted by Crippen LogP contribution is -2.45. The summed E-state index contributed by atoms with van der Waals surface area (Å²) in [5.41, 5.74) is 1.08. The molecule has 1 aromatic heterocycles. The molecule has 0 unspecified atom stereocenters. The number of rotatable bonds is 5. The van der Waals surface area contributed by atoms with Crippen LogP contribution in [0.5, 0.6) is 0 Å². The molecule has 2 heterocycles. The van der Waals surface area contributed by atoms with E-state index in [9.17, 15) is 4.79 Å². The Morgan fingerprint density at radius 2 is 2.32 bits per heavy atom. The van der Waals surface area contributed by atoms with Crippen molar-refractivity contribution in [1.29, 1.82) is 0 Å². The SMILES string of the molecule is COCC(=O)N1CCC(NCc2nc(C)cs2)CC1. The van der Waals surface area contributed by atoms with E-state index in [4.69, 9.17) is 4.74 Å². The van der Waals surface area contributed by atoms with Gasteiger partial charge in [0, 0.05) is 43.9 Å². The number of thiazole rings is 1. The molecule has 0 saturated carbocycles. The van der Waals surface area contributed by atoms with Crippen molar-refractivity contribution < 1.29 is 9.53 Å². The quantitative estimate of drug-likeness (QED) is 0.881. The smallest absolute Gasteiger partial charge is 0.248 e. The van der Waals surface area contributed by atoms with Gasteiger partial charge in [-0.3, -0.25) is 4.79 Å². The highest BCUT2D eigenvalue weighted by Gasteiger charge is 2.22. The number of amides is 1. The fourth-order valence-electron chi connectivity index (χ4n) is 2.26. The number of aromatic nitrogens is 1. The van der Waals surface area contributed by atoms with Crippen LogP contribution in [0.4, 0.5) is 0 Å². The van der Waals surface area contributed by atoms with Gasteiger partial charge in [0.15, 0.2) is 0 Å². The van der Waals surface area contributed by atoms with E-state index in [1.807, 2.05) is 11.8 Å². The van der Waals surface area contributed by atoms with Crippen LogP contribution in [0.25, 0.3) is 0 Å². The second kappa shape index (κ2) is 6.98. The van der Waals surface area contributed by atoms with Crippen molar-refractivity contribution in [3.8, 4) is 0 Å². The number of piperidine rings is 1. The molecule has 0 atom stereocenters. The predicted molar refractivity (Wildman–Crippen MR) is 75.2 cm³/mol. The van der Waals surface area contributed by atoms with Crippen LogP contribution in [0.15, 0.2) is 5.38 Å². The Hall–Kier alpha value is -0.980. The zero-order chi connectivity index (χ0) is 13.7. The Morgan fingerprint density at radius 3 is 2.89 bits per heavy atom. The summed E-state index contributed by atoms with van der Waals surface area (Å²) in [6.45, 7) is 4.67. The van der Waals surface area contributed by atoms with E-state index in [0.717, 1.165) is 43.2 Å². The second-order valence-electron chi connectivity index (χ2n) is 4.85. The summed E-state index contributed by atoms with van der Waals surface area (Å²) in [4.78, 5) is 18.0. The molecule has 6 heteroatoms. The molecule has 2 rings (SSSR count). The van der Waals surface area contributed by atoms with Crippen LogP contribution in [0.2, 0.25) is 0 Å². The topological polar surface area (TPSA) is 54.5 Å². The van der Waals surface area contributed by atoms with Crippen molar-refractivity contribution in [3.63, 3.8) is 0 Å². The summed E-state index contributed by atoms with van der Waals surface area (Å²) in [5.74, 6) is 0.0940. The molecule has 106 valence electrons. The number of nitrogens with one attached hydrogen (secondary N) is 1. The molecule has 19 heavy (non-hydrogen) atoms. The molecule has 5 nitrogen and oxygen atoms in total. The summed E-state index contributed by atoms with van der Waals surface area (Å²) >= 11 is 1.70. The Morgan fingerprint density at radius 1 is 1.58 bits per heavy atom. The summed E-state index contributed by atoms with van der Waals surface area (Å²) in [6, 6.07) is 0.482. The number of likely N-dealkylation sites (tertiary alicyclic amines) is 1. The summed E-state index contributed by atoms with van der Waals surface area (Å²) in [6.07, 6.45) is 2.00. The maximum atomic E-state index is 11.7. The van der Waals surface area contributed by atoms with Crippen molar-refractivity contribution in [2.45, 2.75) is 32.4 Å². The number of methoxy groups -OCH3 is 1. The number of aryl methyl sites for hydroxylation is 1. The molecule has 0 aliphatic carbocycles. The number of carbonyl (C=O) groups excluding carboxylic acids is 1. The average molecular weight is 283 g/mol. The molecule has 1 aromatic rings. The predicted octanol–water partition coefficient (Wildman–Crippen LogP) is 1.18. The van der Waals surface area contributed by atoms with Crippen molar-refractivity contribution in [3.05, 3.63) is 16.1 Å². The highest BCUT2D eigenvalue weighted by atomic mass is 32.1. The maximum Gasteiger partial charge on any atom is 0.248 e. The maximum absolute atomic E-state index is 11.7. The first-order chi connectivity index (χ1) is 9.19. The third-order valence-electron chi connectivity index (χ3n) is 3.32. The van der Waals surface area contributed by atoms with E-state index in [1.165, 1.54) is 0 Å². The molecular weight excluding hydrogens is 262 g/mol. The first kappa shape index (κ1) is 14.4. The highest BCUT2D eigenvalue weighted by Crippen LogP contribution is 2.13. The van der Waals surface area contributed by atoms with Gasteiger partial charge >= 0.3 is 0 Å². The van der Waals surface area contributed by atoms with E-state index in [0.29, 0.717) is 6.04 Å². The van der Waals surface area contributed by atoms with Gasteiger partial charge in [0.1, 0.15) is 11.6 Å². The zero-order valence-electron chi connectivity index (χ0n) is 11.5. The standard InChI is InChI=1S/C13H21N3O2S/c1-10-9-19-12(15-10)7-14-11-3-5-16(6-4-11)13(17)8-18-2/h9,11,14H,3-8H2,1-2H3.